The van der Waals surface area contributed by atoms with Crippen LogP contribution in [0.3, 0.4) is 0 Å². The van der Waals surface area contributed by atoms with Gasteiger partial charge in [0.1, 0.15) is 0 Å². The summed E-state index contributed by atoms with van der Waals surface area (Å²) in [7, 11) is 0. The molecule has 0 amide bonds. The standard InChI is InChI=1S/C16H23AsO2/c1-15(2,3)13(18)17(14(19)16(4,5)6)12-10-8-7-9-11-12/h7-11H,1-6H3. The fourth-order valence-corrected chi connectivity index (χ4v) is 6.75. The van der Waals surface area contributed by atoms with Crippen molar-refractivity contribution in [1.29, 1.82) is 0 Å². The minimum atomic E-state index is -2.39. The van der Waals surface area contributed by atoms with Gasteiger partial charge in [0.2, 0.25) is 0 Å². The van der Waals surface area contributed by atoms with Gasteiger partial charge in [0.25, 0.3) is 0 Å². The van der Waals surface area contributed by atoms with E-state index in [0.717, 1.165) is 4.35 Å². The van der Waals surface area contributed by atoms with E-state index in [0.29, 0.717) is 0 Å². The molecule has 0 spiro atoms. The first-order valence-corrected chi connectivity index (χ1v) is 9.30. The average molecular weight is 322 g/mol. The van der Waals surface area contributed by atoms with Gasteiger partial charge < -0.3 is 0 Å². The Bertz CT molecular complexity index is 438. The van der Waals surface area contributed by atoms with Crippen molar-refractivity contribution in [2.24, 2.45) is 10.8 Å². The van der Waals surface area contributed by atoms with Crippen molar-refractivity contribution in [1.82, 2.24) is 0 Å². The number of hydrogen-bond acceptors (Lipinski definition) is 2. The fourth-order valence-electron chi connectivity index (χ4n) is 1.57. The van der Waals surface area contributed by atoms with Crippen LogP contribution in [-0.4, -0.2) is 23.8 Å². The summed E-state index contributed by atoms with van der Waals surface area (Å²) in [6, 6.07) is 9.58. The summed E-state index contributed by atoms with van der Waals surface area (Å²) in [4.78, 5) is 25.4. The van der Waals surface area contributed by atoms with Crippen LogP contribution in [0, 0.1) is 10.8 Å². The summed E-state index contributed by atoms with van der Waals surface area (Å²) >= 11 is -2.39. The predicted molar refractivity (Wildman–Crippen MR) is 80.8 cm³/mol. The Balaban J connectivity index is 3.28. The van der Waals surface area contributed by atoms with Crippen LogP contribution in [0.5, 0.6) is 0 Å². The quantitative estimate of drug-likeness (QED) is 0.802. The Morgan fingerprint density at radius 1 is 0.789 bits per heavy atom. The summed E-state index contributed by atoms with van der Waals surface area (Å²) in [5.74, 6) is 0. The first-order chi connectivity index (χ1) is 8.55. The third-order valence-corrected chi connectivity index (χ3v) is 8.93. The molecular weight excluding hydrogens is 299 g/mol. The molecule has 0 aromatic heterocycles. The second-order valence-electron chi connectivity index (χ2n) is 6.78. The van der Waals surface area contributed by atoms with Crippen LogP contribution in [-0.2, 0) is 9.59 Å². The van der Waals surface area contributed by atoms with Gasteiger partial charge in [0.15, 0.2) is 0 Å². The van der Waals surface area contributed by atoms with Crippen LogP contribution in [0.25, 0.3) is 0 Å². The first-order valence-electron chi connectivity index (χ1n) is 6.49. The number of hydrogen-bond donors (Lipinski definition) is 0. The van der Waals surface area contributed by atoms with Gasteiger partial charge in [-0.2, -0.15) is 0 Å². The topological polar surface area (TPSA) is 34.1 Å². The van der Waals surface area contributed by atoms with E-state index in [1.54, 1.807) is 0 Å². The minimum absolute atomic E-state index is 0.131. The molecule has 1 aromatic rings. The Morgan fingerprint density at radius 3 is 1.47 bits per heavy atom. The molecule has 0 N–H and O–H groups in total. The molecule has 0 saturated heterocycles. The number of benzene rings is 1. The van der Waals surface area contributed by atoms with Gasteiger partial charge in [-0.15, -0.1) is 0 Å². The van der Waals surface area contributed by atoms with Crippen LogP contribution in [0.15, 0.2) is 30.3 Å². The van der Waals surface area contributed by atoms with Crippen LogP contribution >= 0.6 is 0 Å². The van der Waals surface area contributed by atoms with E-state index in [9.17, 15) is 9.59 Å². The van der Waals surface area contributed by atoms with E-state index < -0.39 is 25.5 Å². The van der Waals surface area contributed by atoms with Gasteiger partial charge in [-0.25, -0.2) is 0 Å². The van der Waals surface area contributed by atoms with Crippen LogP contribution < -0.4 is 4.35 Å². The molecule has 0 saturated carbocycles. The second-order valence-corrected chi connectivity index (χ2v) is 11.0. The molecule has 2 nitrogen and oxygen atoms in total. The summed E-state index contributed by atoms with van der Waals surface area (Å²) < 4.78 is 1.20. The zero-order valence-corrected chi connectivity index (χ0v) is 14.5. The van der Waals surface area contributed by atoms with Crippen molar-refractivity contribution in [2.75, 3.05) is 0 Å². The van der Waals surface area contributed by atoms with E-state index in [1.165, 1.54) is 0 Å². The van der Waals surface area contributed by atoms with Crippen molar-refractivity contribution in [3.05, 3.63) is 30.3 Å². The normalized spacial score (nSPS) is 12.6. The number of carbonyl (C=O) groups excluding carboxylic acids is 2. The maximum atomic E-state index is 12.7. The Hall–Kier alpha value is -0.882. The molecule has 0 aliphatic carbocycles. The molecule has 1 rings (SSSR count). The van der Waals surface area contributed by atoms with Gasteiger partial charge in [-0.05, 0) is 0 Å². The molecule has 104 valence electrons. The summed E-state index contributed by atoms with van der Waals surface area (Å²) in [5, 5.41) is 0. The SMILES string of the molecule is CC(C)(C)C(=O)[As](C(=O)C(C)(C)C)c1ccccc1. The molecule has 0 bridgehead atoms. The molecule has 0 unspecified atom stereocenters. The van der Waals surface area contributed by atoms with Gasteiger partial charge >= 0.3 is 120 Å². The first kappa shape index (κ1) is 16.2. The van der Waals surface area contributed by atoms with E-state index in [4.69, 9.17) is 0 Å². The molecule has 0 heterocycles. The van der Waals surface area contributed by atoms with Crippen molar-refractivity contribution in [2.45, 2.75) is 41.5 Å². The third kappa shape index (κ3) is 4.04. The Labute approximate surface area is 120 Å². The second kappa shape index (κ2) is 5.63. The van der Waals surface area contributed by atoms with Crippen molar-refractivity contribution in [3.8, 4) is 0 Å². The molecular formula is C16H23AsO2. The predicted octanol–water partition coefficient (Wildman–Crippen LogP) is 2.70. The zero-order chi connectivity index (χ0) is 14.8. The van der Waals surface area contributed by atoms with Crippen molar-refractivity contribution in [3.63, 3.8) is 0 Å². The third-order valence-electron chi connectivity index (χ3n) is 2.70. The molecule has 3 heteroatoms. The van der Waals surface area contributed by atoms with Crippen LogP contribution in [0.2, 0.25) is 0 Å². The molecule has 0 atom stereocenters. The molecule has 0 radical (unpaired) electrons. The maximum absolute atomic E-state index is 12.7. The molecule has 0 aliphatic rings. The van der Waals surface area contributed by atoms with E-state index in [2.05, 4.69) is 0 Å². The van der Waals surface area contributed by atoms with Crippen LogP contribution in [0.1, 0.15) is 41.5 Å². The van der Waals surface area contributed by atoms with E-state index >= 15 is 0 Å². The van der Waals surface area contributed by atoms with E-state index in [-0.39, 0.29) is 9.14 Å². The molecule has 19 heavy (non-hydrogen) atoms. The summed E-state index contributed by atoms with van der Waals surface area (Å²) in [5.41, 5.74) is -0.923. The molecule has 0 aliphatic heterocycles. The monoisotopic (exact) mass is 322 g/mol. The number of carbonyl (C=O) groups is 2. The van der Waals surface area contributed by atoms with Gasteiger partial charge in [0.05, 0.1) is 0 Å². The Kier molecular flexibility index (Phi) is 4.79. The Morgan fingerprint density at radius 2 is 1.16 bits per heavy atom. The van der Waals surface area contributed by atoms with Crippen LogP contribution in [0.4, 0.5) is 0 Å². The van der Waals surface area contributed by atoms with Gasteiger partial charge in [-0.3, -0.25) is 0 Å². The molecule has 1 aromatic carbocycles. The van der Waals surface area contributed by atoms with E-state index in [1.807, 2.05) is 71.9 Å². The summed E-state index contributed by atoms with van der Waals surface area (Å²) in [6.07, 6.45) is 0. The fraction of sp³-hybridized carbons (Fsp3) is 0.500. The van der Waals surface area contributed by atoms with Gasteiger partial charge in [0, 0.05) is 0 Å². The van der Waals surface area contributed by atoms with Crippen molar-refractivity contribution >= 4 is 28.1 Å². The number of rotatable bonds is 3. The average Bonchev–Trinajstić information content (AvgIpc) is 2.28. The summed E-state index contributed by atoms with van der Waals surface area (Å²) in [6.45, 7) is 11.4. The zero-order valence-electron chi connectivity index (χ0n) is 12.7. The van der Waals surface area contributed by atoms with Crippen molar-refractivity contribution < 1.29 is 9.59 Å². The molecule has 0 fully saturated rings. The van der Waals surface area contributed by atoms with Gasteiger partial charge in [-0.1, -0.05) is 0 Å².